The highest BCUT2D eigenvalue weighted by Gasteiger charge is 2.24. The number of amides is 1. The molecule has 0 radical (unpaired) electrons. The second-order valence-electron chi connectivity index (χ2n) is 9.31. The highest BCUT2D eigenvalue weighted by Crippen LogP contribution is 2.23. The molecular formula is C29H25N9O2. The fourth-order valence-corrected chi connectivity index (χ4v) is 4.70. The number of nitrogen functional groups attached to an aromatic ring is 1. The molecule has 4 aromatic heterocycles. The minimum absolute atomic E-state index is 0.0559. The Hall–Kier alpha value is -5.58. The number of nitrogens with zero attached hydrogens (tertiary/aromatic N) is 7. The molecule has 11 nitrogen and oxygen atoms in total. The minimum Gasteiger partial charge on any atom is -0.381 e. The van der Waals surface area contributed by atoms with Crippen LogP contribution in [0, 0.1) is 0 Å². The first-order chi connectivity index (χ1) is 19.4. The highest BCUT2D eigenvalue weighted by atomic mass is 16.2. The number of aryl methyl sites for hydroxylation is 1. The molecule has 0 spiro atoms. The lowest BCUT2D eigenvalue weighted by Crippen LogP contribution is -2.33. The number of carbonyl (C=O) groups excluding carboxylic acids is 1. The van der Waals surface area contributed by atoms with Gasteiger partial charge in [0.25, 0.3) is 11.5 Å². The van der Waals surface area contributed by atoms with Crippen molar-refractivity contribution in [1.29, 1.82) is 0 Å². The van der Waals surface area contributed by atoms with Crippen LogP contribution in [0.25, 0.3) is 34.4 Å². The number of aromatic nitrogens is 7. The smallest absolute Gasteiger partial charge is 0.266 e. The maximum absolute atomic E-state index is 14.2. The molecule has 6 rings (SSSR count). The quantitative estimate of drug-likeness (QED) is 0.336. The molecule has 2 aromatic carbocycles. The largest absolute Gasteiger partial charge is 0.381 e. The van der Waals surface area contributed by atoms with Gasteiger partial charge in [-0.3, -0.25) is 18.8 Å². The monoisotopic (exact) mass is 531 g/mol. The number of carbonyl (C=O) groups is 1. The Morgan fingerprint density at radius 1 is 1.07 bits per heavy atom. The summed E-state index contributed by atoms with van der Waals surface area (Å²) in [6, 6.07) is 15.8. The normalized spacial score (nSPS) is 12.3. The number of rotatable bonds is 6. The molecule has 11 heteroatoms. The van der Waals surface area contributed by atoms with Crippen LogP contribution in [0.2, 0.25) is 0 Å². The van der Waals surface area contributed by atoms with Crippen molar-refractivity contribution < 1.29 is 4.79 Å². The predicted octanol–water partition coefficient (Wildman–Crippen LogP) is 3.41. The van der Waals surface area contributed by atoms with E-state index in [1.54, 1.807) is 42.3 Å². The van der Waals surface area contributed by atoms with Crippen molar-refractivity contribution in [2.75, 3.05) is 5.73 Å². The maximum atomic E-state index is 14.2. The summed E-state index contributed by atoms with van der Waals surface area (Å²) in [5, 5.41) is 11.8. The summed E-state index contributed by atoms with van der Waals surface area (Å²) < 4.78 is 4.70. The predicted molar refractivity (Wildman–Crippen MR) is 153 cm³/mol. The van der Waals surface area contributed by atoms with E-state index in [0.717, 1.165) is 11.1 Å². The van der Waals surface area contributed by atoms with E-state index < -0.39 is 11.9 Å². The average Bonchev–Trinajstić information content (AvgIpc) is 3.53. The number of nitrogens with two attached hydrogens (primary N) is 1. The minimum atomic E-state index is -0.669. The second-order valence-corrected chi connectivity index (χ2v) is 9.31. The molecule has 0 aliphatic rings. The van der Waals surface area contributed by atoms with Gasteiger partial charge >= 0.3 is 0 Å². The Bertz CT molecular complexity index is 1970. The van der Waals surface area contributed by atoms with E-state index in [2.05, 4.69) is 20.5 Å². The molecule has 1 unspecified atom stereocenters. The van der Waals surface area contributed by atoms with E-state index in [-0.39, 0.29) is 16.9 Å². The van der Waals surface area contributed by atoms with Crippen molar-refractivity contribution in [2.24, 2.45) is 7.05 Å². The van der Waals surface area contributed by atoms with E-state index >= 15 is 0 Å². The third-order valence-corrected chi connectivity index (χ3v) is 6.53. The van der Waals surface area contributed by atoms with Gasteiger partial charge in [-0.05, 0) is 36.8 Å². The molecule has 198 valence electrons. The van der Waals surface area contributed by atoms with Gasteiger partial charge in [0.15, 0.2) is 11.5 Å². The summed E-state index contributed by atoms with van der Waals surface area (Å²) in [5.41, 5.74) is 9.07. The third-order valence-electron chi connectivity index (χ3n) is 6.53. The number of anilines is 1. The van der Waals surface area contributed by atoms with Gasteiger partial charge in [-0.15, -0.1) is 5.10 Å². The van der Waals surface area contributed by atoms with Crippen molar-refractivity contribution in [3.63, 3.8) is 0 Å². The summed E-state index contributed by atoms with van der Waals surface area (Å²) in [4.78, 5) is 36.7. The van der Waals surface area contributed by atoms with Crippen LogP contribution in [-0.2, 0) is 7.05 Å². The summed E-state index contributed by atoms with van der Waals surface area (Å²) in [7, 11) is 1.85. The highest BCUT2D eigenvalue weighted by molar-refractivity contribution is 6.04. The number of nitrogens with one attached hydrogen (secondary N) is 1. The average molecular weight is 532 g/mol. The molecule has 0 saturated carbocycles. The van der Waals surface area contributed by atoms with Crippen molar-refractivity contribution in [3.05, 3.63) is 112 Å². The van der Waals surface area contributed by atoms with E-state index in [0.29, 0.717) is 28.1 Å². The zero-order valence-electron chi connectivity index (χ0n) is 21.8. The lowest BCUT2D eigenvalue weighted by atomic mass is 10.1. The number of benzene rings is 2. The SMILES string of the molecule is CC(NC(=O)c1c(N)nn2cccnc12)c1nc2cccc(/C=C/c3cnn(C)c3)c2c(=O)n1-c1ccccc1. The standard InChI is InChI=1S/C29H25N9O2/c1-18(33-28(39)24-25(30)35-37-15-7-14-31-27(24)37)26-34-22-11-6-8-20(13-12-19-16-32-36(2)17-19)23(22)29(40)38(26)21-9-4-3-5-10-21/h3-18H,1-2H3,(H2,30,35)(H,33,39)/b13-12+. The molecule has 6 aromatic rings. The van der Waals surface area contributed by atoms with Crippen molar-refractivity contribution >= 4 is 40.4 Å². The molecule has 40 heavy (non-hydrogen) atoms. The van der Waals surface area contributed by atoms with Crippen LogP contribution in [0.1, 0.15) is 40.3 Å². The number of fused-ring (bicyclic) bond motifs is 2. The van der Waals surface area contributed by atoms with Crippen LogP contribution in [0.3, 0.4) is 0 Å². The van der Waals surface area contributed by atoms with Gasteiger partial charge in [0, 0.05) is 31.2 Å². The summed E-state index contributed by atoms with van der Waals surface area (Å²) in [6.07, 6.45) is 10.6. The molecule has 0 bridgehead atoms. The van der Waals surface area contributed by atoms with Gasteiger partial charge in [0.1, 0.15) is 11.4 Å². The van der Waals surface area contributed by atoms with Crippen molar-refractivity contribution in [1.82, 2.24) is 39.2 Å². The lowest BCUT2D eigenvalue weighted by Gasteiger charge is -2.20. The Kier molecular flexibility index (Phi) is 6.15. The van der Waals surface area contributed by atoms with Crippen molar-refractivity contribution in [2.45, 2.75) is 13.0 Å². The van der Waals surface area contributed by atoms with Gasteiger partial charge in [-0.1, -0.05) is 42.5 Å². The number of hydrogen-bond acceptors (Lipinski definition) is 7. The molecule has 1 amide bonds. The van der Waals surface area contributed by atoms with Crippen LogP contribution in [0.5, 0.6) is 0 Å². The molecule has 1 atom stereocenters. The zero-order chi connectivity index (χ0) is 27.8. The van der Waals surface area contributed by atoms with Gasteiger partial charge in [-0.2, -0.15) is 5.10 Å². The van der Waals surface area contributed by atoms with Crippen LogP contribution in [-0.4, -0.2) is 39.8 Å². The van der Waals surface area contributed by atoms with Gasteiger partial charge in [0.05, 0.1) is 28.8 Å². The van der Waals surface area contributed by atoms with E-state index in [9.17, 15) is 9.59 Å². The first kappa shape index (κ1) is 24.7. The number of hydrogen-bond donors (Lipinski definition) is 2. The van der Waals surface area contributed by atoms with Gasteiger partial charge < -0.3 is 11.1 Å². The van der Waals surface area contributed by atoms with E-state index in [4.69, 9.17) is 10.7 Å². The first-order valence-electron chi connectivity index (χ1n) is 12.6. The molecule has 0 aliphatic heterocycles. The molecule has 0 saturated heterocycles. The lowest BCUT2D eigenvalue weighted by molar-refractivity contribution is 0.0940. The van der Waals surface area contributed by atoms with Gasteiger partial charge in [-0.25, -0.2) is 14.5 Å². The first-order valence-corrected chi connectivity index (χ1v) is 12.6. The maximum Gasteiger partial charge on any atom is 0.266 e. The summed E-state index contributed by atoms with van der Waals surface area (Å²) >= 11 is 0. The molecule has 0 aliphatic carbocycles. The Morgan fingerprint density at radius 3 is 2.67 bits per heavy atom. The van der Waals surface area contributed by atoms with Crippen molar-refractivity contribution in [3.8, 4) is 5.69 Å². The second kappa shape index (κ2) is 9.95. The Balaban J connectivity index is 1.46. The fourth-order valence-electron chi connectivity index (χ4n) is 4.70. The topological polar surface area (TPSA) is 138 Å². The summed E-state index contributed by atoms with van der Waals surface area (Å²) in [5.74, 6) is -0.0466. The fraction of sp³-hybridized carbons (Fsp3) is 0.103. The molecule has 0 fully saturated rings. The van der Waals surface area contributed by atoms with Gasteiger partial charge in [0.2, 0.25) is 0 Å². The molecule has 4 heterocycles. The van der Waals surface area contributed by atoms with Crippen LogP contribution in [0.15, 0.2) is 84.2 Å². The molecule has 3 N–H and O–H groups in total. The summed E-state index contributed by atoms with van der Waals surface area (Å²) in [6.45, 7) is 1.77. The van der Waals surface area contributed by atoms with Crippen LogP contribution in [0.4, 0.5) is 5.82 Å². The Morgan fingerprint density at radius 2 is 1.90 bits per heavy atom. The van der Waals surface area contributed by atoms with Crippen LogP contribution < -0.4 is 16.6 Å². The Labute approximate surface area is 228 Å². The molecular weight excluding hydrogens is 506 g/mol. The zero-order valence-corrected chi connectivity index (χ0v) is 21.8. The van der Waals surface area contributed by atoms with E-state index in [1.165, 1.54) is 9.08 Å². The van der Waals surface area contributed by atoms with E-state index in [1.807, 2.05) is 67.9 Å². The third kappa shape index (κ3) is 4.39. The van der Waals surface area contributed by atoms with Crippen LogP contribution >= 0.6 is 0 Å². The number of para-hydroxylation sites is 1.